The first kappa shape index (κ1) is 15.6. The van der Waals surface area contributed by atoms with Gasteiger partial charge in [0.05, 0.1) is 10.6 Å². The lowest BCUT2D eigenvalue weighted by Gasteiger charge is -2.07. The van der Waals surface area contributed by atoms with Gasteiger partial charge in [0, 0.05) is 12.8 Å². The molecule has 0 spiro atoms. The highest BCUT2D eigenvalue weighted by molar-refractivity contribution is 7.13. The summed E-state index contributed by atoms with van der Waals surface area (Å²) >= 11 is 1.56. The third kappa shape index (κ3) is 3.48. The molecule has 128 valence electrons. The van der Waals surface area contributed by atoms with Crippen LogP contribution in [-0.2, 0) is 11.2 Å². The summed E-state index contributed by atoms with van der Waals surface area (Å²) in [6.07, 6.45) is 1.52. The van der Waals surface area contributed by atoms with E-state index in [1.165, 1.54) is 0 Å². The van der Waals surface area contributed by atoms with Crippen molar-refractivity contribution in [3.05, 3.63) is 41.6 Å². The summed E-state index contributed by atoms with van der Waals surface area (Å²) in [6, 6.07) is 9.29. The number of thiophene rings is 1. The fraction of sp³-hybridized carbons (Fsp3) is 0.235. The van der Waals surface area contributed by atoms with Crippen molar-refractivity contribution in [2.45, 2.75) is 19.3 Å². The molecule has 1 aromatic carbocycles. The third-order valence-electron chi connectivity index (χ3n) is 3.67. The Morgan fingerprint density at radius 3 is 3.08 bits per heavy atom. The number of aromatic nitrogens is 2. The Balaban J connectivity index is 1.29. The fourth-order valence-corrected chi connectivity index (χ4v) is 3.15. The Labute approximate surface area is 147 Å². The SMILES string of the molecule is O=C(CCCc1nc(-c2cccs2)no1)Nc1cccc2c1OCO2. The summed E-state index contributed by atoms with van der Waals surface area (Å²) in [6.45, 7) is 0.173. The molecule has 25 heavy (non-hydrogen) atoms. The minimum Gasteiger partial charge on any atom is -0.454 e. The van der Waals surface area contributed by atoms with E-state index in [1.807, 2.05) is 23.6 Å². The van der Waals surface area contributed by atoms with Gasteiger partial charge in [-0.25, -0.2) is 0 Å². The molecule has 8 heteroatoms. The van der Waals surface area contributed by atoms with Crippen LogP contribution in [0.2, 0.25) is 0 Å². The number of carbonyl (C=O) groups is 1. The minimum absolute atomic E-state index is 0.0955. The number of anilines is 1. The van der Waals surface area contributed by atoms with E-state index >= 15 is 0 Å². The maximum Gasteiger partial charge on any atom is 0.231 e. The van der Waals surface area contributed by atoms with Gasteiger partial charge in [-0.3, -0.25) is 4.79 Å². The molecule has 1 amide bonds. The molecule has 0 saturated carbocycles. The van der Waals surface area contributed by atoms with E-state index < -0.39 is 0 Å². The average Bonchev–Trinajstić information content (AvgIpc) is 3.36. The van der Waals surface area contributed by atoms with E-state index in [2.05, 4.69) is 15.5 Å². The van der Waals surface area contributed by atoms with Crippen LogP contribution in [0.25, 0.3) is 10.7 Å². The number of para-hydroxylation sites is 1. The number of nitrogens with zero attached hydrogens (tertiary/aromatic N) is 2. The molecule has 4 rings (SSSR count). The van der Waals surface area contributed by atoms with Gasteiger partial charge < -0.3 is 19.3 Å². The van der Waals surface area contributed by atoms with Gasteiger partial charge in [-0.05, 0) is 30.0 Å². The lowest BCUT2D eigenvalue weighted by Crippen LogP contribution is -2.12. The van der Waals surface area contributed by atoms with Gasteiger partial charge >= 0.3 is 0 Å². The summed E-state index contributed by atoms with van der Waals surface area (Å²) in [5.74, 6) is 2.25. The first-order valence-electron chi connectivity index (χ1n) is 7.84. The van der Waals surface area contributed by atoms with E-state index in [0.29, 0.717) is 48.2 Å². The molecule has 0 fully saturated rings. The summed E-state index contributed by atoms with van der Waals surface area (Å²) in [5.41, 5.74) is 0.623. The molecule has 3 aromatic rings. The number of ether oxygens (including phenoxy) is 2. The molecule has 0 atom stereocenters. The molecule has 0 aliphatic carbocycles. The van der Waals surface area contributed by atoms with Crippen molar-refractivity contribution in [1.29, 1.82) is 0 Å². The van der Waals surface area contributed by atoms with E-state index in [-0.39, 0.29) is 12.7 Å². The number of fused-ring (bicyclic) bond motifs is 1. The van der Waals surface area contributed by atoms with E-state index in [4.69, 9.17) is 14.0 Å². The van der Waals surface area contributed by atoms with Crippen LogP contribution < -0.4 is 14.8 Å². The molecular weight excluding hydrogens is 342 g/mol. The standard InChI is InChI=1S/C17H15N3O4S/c21-14(18-11-4-1-5-12-16(11)23-10-22-12)7-2-8-15-19-17(20-24-15)13-6-3-9-25-13/h1,3-6,9H,2,7-8,10H2,(H,18,21). The number of aryl methyl sites for hydroxylation is 1. The van der Waals surface area contributed by atoms with Crippen LogP contribution in [-0.4, -0.2) is 22.8 Å². The van der Waals surface area contributed by atoms with Crippen LogP contribution in [0.15, 0.2) is 40.2 Å². The Kier molecular flexibility index (Phi) is 4.34. The maximum absolute atomic E-state index is 12.1. The van der Waals surface area contributed by atoms with Crippen molar-refractivity contribution in [2.24, 2.45) is 0 Å². The van der Waals surface area contributed by atoms with Gasteiger partial charge in [-0.15, -0.1) is 11.3 Å². The van der Waals surface area contributed by atoms with E-state index in [1.54, 1.807) is 23.5 Å². The van der Waals surface area contributed by atoms with Gasteiger partial charge in [0.2, 0.25) is 24.4 Å². The quantitative estimate of drug-likeness (QED) is 0.727. The predicted octanol–water partition coefficient (Wildman–Crippen LogP) is 3.49. The Morgan fingerprint density at radius 1 is 1.24 bits per heavy atom. The molecule has 0 saturated heterocycles. The molecule has 1 N–H and O–H groups in total. The van der Waals surface area contributed by atoms with Crippen molar-refractivity contribution in [3.8, 4) is 22.2 Å². The van der Waals surface area contributed by atoms with Gasteiger partial charge in [-0.1, -0.05) is 17.3 Å². The monoisotopic (exact) mass is 357 g/mol. The van der Waals surface area contributed by atoms with Crippen LogP contribution in [0.5, 0.6) is 11.5 Å². The first-order chi connectivity index (χ1) is 12.3. The van der Waals surface area contributed by atoms with Gasteiger partial charge in [0.1, 0.15) is 0 Å². The van der Waals surface area contributed by atoms with Crippen LogP contribution >= 0.6 is 11.3 Å². The zero-order valence-corrected chi connectivity index (χ0v) is 14.0. The highest BCUT2D eigenvalue weighted by Gasteiger charge is 2.18. The van der Waals surface area contributed by atoms with Gasteiger partial charge in [-0.2, -0.15) is 4.98 Å². The minimum atomic E-state index is -0.0955. The number of carbonyl (C=O) groups excluding carboxylic acids is 1. The number of amides is 1. The van der Waals surface area contributed by atoms with Gasteiger partial charge in [0.15, 0.2) is 11.5 Å². The largest absolute Gasteiger partial charge is 0.454 e. The summed E-state index contributed by atoms with van der Waals surface area (Å²) in [4.78, 5) is 17.4. The number of rotatable bonds is 6. The first-order valence-corrected chi connectivity index (χ1v) is 8.72. The number of hydrogen-bond acceptors (Lipinski definition) is 7. The molecule has 2 aromatic heterocycles. The van der Waals surface area contributed by atoms with Crippen LogP contribution in [0.1, 0.15) is 18.7 Å². The Morgan fingerprint density at radius 2 is 2.20 bits per heavy atom. The van der Waals surface area contributed by atoms with Crippen molar-refractivity contribution < 1.29 is 18.8 Å². The zero-order valence-electron chi connectivity index (χ0n) is 13.2. The van der Waals surface area contributed by atoms with Crippen LogP contribution in [0, 0.1) is 0 Å². The van der Waals surface area contributed by atoms with E-state index in [0.717, 1.165) is 4.88 Å². The van der Waals surface area contributed by atoms with Crippen LogP contribution in [0.4, 0.5) is 5.69 Å². The average molecular weight is 357 g/mol. The molecule has 1 aliphatic heterocycles. The second-order valence-corrected chi connectivity index (χ2v) is 6.38. The van der Waals surface area contributed by atoms with Crippen LogP contribution in [0.3, 0.4) is 0 Å². The third-order valence-corrected chi connectivity index (χ3v) is 4.54. The smallest absolute Gasteiger partial charge is 0.231 e. The second kappa shape index (κ2) is 6.94. The molecule has 7 nitrogen and oxygen atoms in total. The topological polar surface area (TPSA) is 86.5 Å². The predicted molar refractivity (Wildman–Crippen MR) is 91.7 cm³/mol. The number of hydrogen-bond donors (Lipinski definition) is 1. The Hall–Kier alpha value is -2.87. The van der Waals surface area contributed by atoms with E-state index in [9.17, 15) is 4.79 Å². The van der Waals surface area contributed by atoms with Gasteiger partial charge in [0.25, 0.3) is 0 Å². The highest BCUT2D eigenvalue weighted by Crippen LogP contribution is 2.38. The lowest BCUT2D eigenvalue weighted by molar-refractivity contribution is -0.116. The Bertz CT molecular complexity index is 876. The second-order valence-electron chi connectivity index (χ2n) is 5.43. The molecule has 1 aliphatic rings. The normalized spacial score (nSPS) is 12.3. The van der Waals surface area contributed by atoms with Crippen molar-refractivity contribution in [2.75, 3.05) is 12.1 Å². The summed E-state index contributed by atoms with van der Waals surface area (Å²) in [5, 5.41) is 8.77. The molecule has 0 bridgehead atoms. The zero-order chi connectivity index (χ0) is 17.1. The lowest BCUT2D eigenvalue weighted by atomic mass is 10.2. The maximum atomic E-state index is 12.1. The highest BCUT2D eigenvalue weighted by atomic mass is 32.1. The van der Waals surface area contributed by atoms with Crippen molar-refractivity contribution in [3.63, 3.8) is 0 Å². The summed E-state index contributed by atoms with van der Waals surface area (Å²) in [7, 11) is 0. The molecular formula is C17H15N3O4S. The fourth-order valence-electron chi connectivity index (χ4n) is 2.50. The number of nitrogens with one attached hydrogen (secondary N) is 1. The molecule has 0 unspecified atom stereocenters. The molecule has 3 heterocycles. The van der Waals surface area contributed by atoms with Crippen molar-refractivity contribution in [1.82, 2.24) is 10.1 Å². The molecule has 0 radical (unpaired) electrons. The van der Waals surface area contributed by atoms with Crippen molar-refractivity contribution >= 4 is 22.9 Å². The summed E-state index contributed by atoms with van der Waals surface area (Å²) < 4.78 is 15.9. The number of benzene rings is 1.